The molecule has 1 fully saturated rings. The van der Waals surface area contributed by atoms with Crippen molar-refractivity contribution in [2.45, 2.75) is 45.1 Å². The van der Waals surface area contributed by atoms with Gasteiger partial charge in [0.1, 0.15) is 0 Å². The molecule has 0 saturated carbocycles. The molecule has 0 bridgehead atoms. The van der Waals surface area contributed by atoms with Crippen LogP contribution >= 0.6 is 11.6 Å². The van der Waals surface area contributed by atoms with E-state index in [0.29, 0.717) is 22.4 Å². The largest absolute Gasteiger partial charge is 0.493 e. The maximum atomic E-state index is 6.32. The second-order valence-corrected chi connectivity index (χ2v) is 6.81. The Morgan fingerprint density at radius 2 is 2.05 bits per heavy atom. The van der Waals surface area contributed by atoms with Crippen LogP contribution in [-0.4, -0.2) is 26.3 Å². The molecular weight excluding hydrogens is 286 g/mol. The highest BCUT2D eigenvalue weighted by atomic mass is 35.5. The second-order valence-electron chi connectivity index (χ2n) is 6.40. The zero-order valence-electron chi connectivity index (χ0n) is 13.5. The van der Waals surface area contributed by atoms with E-state index in [9.17, 15) is 0 Å². The van der Waals surface area contributed by atoms with Gasteiger partial charge >= 0.3 is 0 Å². The van der Waals surface area contributed by atoms with Crippen molar-refractivity contribution >= 4 is 11.6 Å². The van der Waals surface area contributed by atoms with Crippen molar-refractivity contribution in [2.75, 3.05) is 20.8 Å². The number of benzene rings is 1. The summed E-state index contributed by atoms with van der Waals surface area (Å²) in [5.74, 6) is 1.99. The highest BCUT2D eigenvalue weighted by Crippen LogP contribution is 2.38. The van der Waals surface area contributed by atoms with Crippen molar-refractivity contribution in [1.29, 1.82) is 0 Å². The number of hydrogen-bond donors (Lipinski definition) is 1. The van der Waals surface area contributed by atoms with Gasteiger partial charge < -0.3 is 14.8 Å². The molecule has 1 atom stereocenters. The Morgan fingerprint density at radius 3 is 2.57 bits per heavy atom. The number of ether oxygens (including phenoxy) is 2. The summed E-state index contributed by atoms with van der Waals surface area (Å²) in [7, 11) is 3.26. The molecule has 2 rings (SSSR count). The van der Waals surface area contributed by atoms with Crippen molar-refractivity contribution in [3.05, 3.63) is 22.7 Å². The fourth-order valence-electron chi connectivity index (χ4n) is 3.51. The van der Waals surface area contributed by atoms with Crippen LogP contribution < -0.4 is 14.8 Å². The Bertz CT molecular complexity index is 482. The van der Waals surface area contributed by atoms with Gasteiger partial charge in [-0.25, -0.2) is 0 Å². The Kier molecular flexibility index (Phi) is 5.39. The summed E-state index contributed by atoms with van der Waals surface area (Å²) in [4.78, 5) is 0. The number of halogens is 1. The van der Waals surface area contributed by atoms with Gasteiger partial charge in [0.15, 0.2) is 11.5 Å². The van der Waals surface area contributed by atoms with Gasteiger partial charge in [0, 0.05) is 5.54 Å². The first-order valence-electron chi connectivity index (χ1n) is 7.65. The molecule has 4 heteroatoms. The van der Waals surface area contributed by atoms with Gasteiger partial charge in [-0.05, 0) is 55.8 Å². The topological polar surface area (TPSA) is 30.5 Å². The molecule has 118 valence electrons. The number of hydrogen-bond acceptors (Lipinski definition) is 3. The van der Waals surface area contributed by atoms with Gasteiger partial charge in [-0.3, -0.25) is 0 Å². The summed E-state index contributed by atoms with van der Waals surface area (Å²) in [6.07, 6.45) is 4.62. The third-order valence-electron chi connectivity index (χ3n) is 4.17. The maximum Gasteiger partial charge on any atom is 0.179 e. The van der Waals surface area contributed by atoms with Crippen molar-refractivity contribution in [3.8, 4) is 11.5 Å². The molecule has 0 amide bonds. The van der Waals surface area contributed by atoms with Gasteiger partial charge in [0.05, 0.1) is 19.2 Å². The van der Waals surface area contributed by atoms with Crippen LogP contribution in [0, 0.1) is 5.92 Å². The van der Waals surface area contributed by atoms with Crippen LogP contribution in [0.4, 0.5) is 0 Å². The lowest BCUT2D eigenvalue weighted by Gasteiger charge is -2.32. The highest BCUT2D eigenvalue weighted by molar-refractivity contribution is 6.32. The molecule has 3 nitrogen and oxygen atoms in total. The van der Waals surface area contributed by atoms with Gasteiger partial charge in [-0.2, -0.15) is 0 Å². The van der Waals surface area contributed by atoms with Crippen LogP contribution in [-0.2, 0) is 6.42 Å². The van der Waals surface area contributed by atoms with Crippen molar-refractivity contribution in [3.63, 3.8) is 0 Å². The highest BCUT2D eigenvalue weighted by Gasteiger charge is 2.34. The summed E-state index contributed by atoms with van der Waals surface area (Å²) < 4.78 is 10.7. The van der Waals surface area contributed by atoms with E-state index in [1.54, 1.807) is 14.2 Å². The quantitative estimate of drug-likeness (QED) is 0.859. The van der Waals surface area contributed by atoms with Gasteiger partial charge in [0.2, 0.25) is 0 Å². The zero-order chi connectivity index (χ0) is 15.5. The number of nitrogens with one attached hydrogen (secondary N) is 1. The van der Waals surface area contributed by atoms with Crippen LogP contribution in [0.1, 0.15) is 38.7 Å². The Morgan fingerprint density at radius 1 is 1.29 bits per heavy atom. The lowest BCUT2D eigenvalue weighted by atomic mass is 9.82. The maximum absolute atomic E-state index is 6.32. The molecule has 1 saturated heterocycles. The first-order valence-corrected chi connectivity index (χ1v) is 8.03. The van der Waals surface area contributed by atoms with Crippen LogP contribution in [0.25, 0.3) is 0 Å². The third-order valence-corrected chi connectivity index (χ3v) is 4.45. The number of rotatable bonds is 6. The van der Waals surface area contributed by atoms with Crippen molar-refractivity contribution in [1.82, 2.24) is 5.32 Å². The molecule has 1 aliphatic rings. The molecule has 21 heavy (non-hydrogen) atoms. The standard InChI is InChI=1S/C17H26ClNO2/c1-12(2)10-17(6-5-7-19-17)11-13-8-14(18)16(21-4)15(9-13)20-3/h8-9,12,19H,5-7,10-11H2,1-4H3. The summed E-state index contributed by atoms with van der Waals surface area (Å²) in [6.45, 7) is 5.67. The summed E-state index contributed by atoms with van der Waals surface area (Å²) in [6, 6.07) is 4.05. The van der Waals surface area contributed by atoms with Crippen molar-refractivity contribution in [2.24, 2.45) is 5.92 Å². The van der Waals surface area contributed by atoms with E-state index in [1.165, 1.54) is 24.8 Å². The first-order chi connectivity index (χ1) is 9.99. The van der Waals surface area contributed by atoms with Gasteiger partial charge in [-0.1, -0.05) is 25.4 Å². The SMILES string of the molecule is COc1cc(CC2(CC(C)C)CCCN2)cc(Cl)c1OC. The minimum atomic E-state index is 0.192. The smallest absolute Gasteiger partial charge is 0.179 e. The average Bonchev–Trinajstić information content (AvgIpc) is 2.85. The Hall–Kier alpha value is -0.930. The fourth-order valence-corrected chi connectivity index (χ4v) is 3.82. The second kappa shape index (κ2) is 6.89. The van der Waals surface area contributed by atoms with E-state index < -0.39 is 0 Å². The van der Waals surface area contributed by atoms with E-state index >= 15 is 0 Å². The van der Waals surface area contributed by atoms with E-state index in [4.69, 9.17) is 21.1 Å². The van der Waals surface area contributed by atoms with E-state index in [-0.39, 0.29) is 5.54 Å². The molecule has 1 aliphatic heterocycles. The fraction of sp³-hybridized carbons (Fsp3) is 0.647. The normalized spacial score (nSPS) is 21.8. The molecule has 0 radical (unpaired) electrons. The van der Waals surface area contributed by atoms with E-state index in [2.05, 4.69) is 19.2 Å². The van der Waals surface area contributed by atoms with Crippen LogP contribution in [0.15, 0.2) is 12.1 Å². The molecule has 1 heterocycles. The minimum absolute atomic E-state index is 0.192. The lowest BCUT2D eigenvalue weighted by Crippen LogP contribution is -2.43. The predicted octanol–water partition coefficient (Wildman–Crippen LogP) is 4.07. The minimum Gasteiger partial charge on any atom is -0.493 e. The molecule has 1 aromatic carbocycles. The summed E-state index contributed by atoms with van der Waals surface area (Å²) in [5.41, 5.74) is 1.39. The van der Waals surface area contributed by atoms with E-state index in [0.717, 1.165) is 13.0 Å². The summed E-state index contributed by atoms with van der Waals surface area (Å²) in [5, 5.41) is 4.34. The number of methoxy groups -OCH3 is 2. The lowest BCUT2D eigenvalue weighted by molar-refractivity contribution is 0.300. The Labute approximate surface area is 133 Å². The first kappa shape index (κ1) is 16.4. The molecular formula is C17H26ClNO2. The van der Waals surface area contributed by atoms with Gasteiger partial charge in [-0.15, -0.1) is 0 Å². The average molecular weight is 312 g/mol. The van der Waals surface area contributed by atoms with Gasteiger partial charge in [0.25, 0.3) is 0 Å². The monoisotopic (exact) mass is 311 g/mol. The molecule has 0 spiro atoms. The predicted molar refractivity (Wildman–Crippen MR) is 87.7 cm³/mol. The summed E-state index contributed by atoms with van der Waals surface area (Å²) >= 11 is 6.32. The van der Waals surface area contributed by atoms with Crippen LogP contribution in [0.3, 0.4) is 0 Å². The van der Waals surface area contributed by atoms with E-state index in [1.807, 2.05) is 12.1 Å². The van der Waals surface area contributed by atoms with Crippen molar-refractivity contribution < 1.29 is 9.47 Å². The molecule has 0 aromatic heterocycles. The zero-order valence-corrected chi connectivity index (χ0v) is 14.2. The Balaban J connectivity index is 2.27. The molecule has 0 aliphatic carbocycles. The molecule has 1 N–H and O–H groups in total. The third kappa shape index (κ3) is 3.83. The van der Waals surface area contributed by atoms with Crippen LogP contribution in [0.5, 0.6) is 11.5 Å². The molecule has 1 aromatic rings. The molecule has 1 unspecified atom stereocenters. The van der Waals surface area contributed by atoms with Crippen LogP contribution in [0.2, 0.25) is 5.02 Å².